The van der Waals surface area contributed by atoms with Gasteiger partial charge in [-0.1, -0.05) is 6.42 Å². The van der Waals surface area contributed by atoms with Crippen LogP contribution in [0.3, 0.4) is 0 Å². The molecule has 0 spiro atoms. The predicted molar refractivity (Wildman–Crippen MR) is 73.9 cm³/mol. The first kappa shape index (κ1) is 14.7. The van der Waals surface area contributed by atoms with Crippen molar-refractivity contribution in [3.8, 4) is 6.01 Å². The Morgan fingerprint density at radius 2 is 2.35 bits per heavy atom. The molecule has 2 rings (SSSR count). The molecule has 1 N–H and O–H groups in total. The molecule has 1 unspecified atom stereocenters. The van der Waals surface area contributed by atoms with Crippen molar-refractivity contribution in [1.82, 2.24) is 15.3 Å². The van der Waals surface area contributed by atoms with Crippen LogP contribution in [0.4, 0.5) is 0 Å². The number of esters is 1. The van der Waals surface area contributed by atoms with Crippen molar-refractivity contribution in [2.45, 2.75) is 39.2 Å². The summed E-state index contributed by atoms with van der Waals surface area (Å²) in [7, 11) is 0. The third kappa shape index (κ3) is 3.90. The Morgan fingerprint density at radius 3 is 3.00 bits per heavy atom. The first-order chi connectivity index (χ1) is 9.70. The van der Waals surface area contributed by atoms with Gasteiger partial charge in [0, 0.05) is 12.2 Å². The van der Waals surface area contributed by atoms with Crippen molar-refractivity contribution in [1.29, 1.82) is 0 Å². The summed E-state index contributed by atoms with van der Waals surface area (Å²) in [5, 5.41) is 3.40. The molecule has 0 bridgehead atoms. The molecule has 1 aromatic rings. The highest BCUT2D eigenvalue weighted by Gasteiger charge is 2.16. The fraction of sp³-hybridized carbons (Fsp3) is 0.643. The number of piperidine rings is 1. The molecular formula is C14H21N3O3. The highest BCUT2D eigenvalue weighted by atomic mass is 16.5. The van der Waals surface area contributed by atoms with Gasteiger partial charge in [-0.15, -0.1) is 0 Å². The van der Waals surface area contributed by atoms with Gasteiger partial charge in [-0.2, -0.15) is 4.98 Å². The Morgan fingerprint density at radius 1 is 1.50 bits per heavy atom. The Balaban J connectivity index is 1.92. The summed E-state index contributed by atoms with van der Waals surface area (Å²) < 4.78 is 10.5. The lowest BCUT2D eigenvalue weighted by Gasteiger charge is -2.22. The van der Waals surface area contributed by atoms with E-state index in [9.17, 15) is 4.79 Å². The Labute approximate surface area is 118 Å². The van der Waals surface area contributed by atoms with Crippen LogP contribution in [0.1, 0.15) is 42.2 Å². The predicted octanol–water partition coefficient (Wildman–Crippen LogP) is 1.48. The molecule has 1 aromatic heterocycles. The lowest BCUT2D eigenvalue weighted by atomic mass is 10.1. The van der Waals surface area contributed by atoms with Crippen LogP contribution in [0, 0.1) is 6.92 Å². The third-order valence-electron chi connectivity index (χ3n) is 3.28. The normalized spacial score (nSPS) is 18.6. The summed E-state index contributed by atoms with van der Waals surface area (Å²) >= 11 is 0. The van der Waals surface area contributed by atoms with E-state index in [4.69, 9.17) is 9.47 Å². The molecule has 20 heavy (non-hydrogen) atoms. The van der Waals surface area contributed by atoms with E-state index in [1.165, 1.54) is 19.0 Å². The highest BCUT2D eigenvalue weighted by Crippen LogP contribution is 2.12. The second-order valence-corrected chi connectivity index (χ2v) is 4.83. The zero-order valence-corrected chi connectivity index (χ0v) is 12.0. The van der Waals surface area contributed by atoms with Gasteiger partial charge in [0.05, 0.1) is 17.9 Å². The average molecular weight is 279 g/mol. The number of hydrogen-bond acceptors (Lipinski definition) is 6. The number of aryl methyl sites for hydroxylation is 1. The maximum Gasteiger partial charge on any atom is 0.341 e. The zero-order chi connectivity index (χ0) is 14.4. The van der Waals surface area contributed by atoms with Crippen LogP contribution in [-0.4, -0.2) is 41.7 Å². The van der Waals surface area contributed by atoms with Gasteiger partial charge in [-0.05, 0) is 33.2 Å². The van der Waals surface area contributed by atoms with Crippen LogP contribution in [0.5, 0.6) is 6.01 Å². The number of ether oxygens (including phenoxy) is 2. The maximum absolute atomic E-state index is 11.6. The van der Waals surface area contributed by atoms with Crippen molar-refractivity contribution >= 4 is 5.97 Å². The van der Waals surface area contributed by atoms with Gasteiger partial charge in [0.2, 0.25) is 0 Å². The molecule has 2 heterocycles. The molecule has 0 radical (unpaired) electrons. The van der Waals surface area contributed by atoms with E-state index >= 15 is 0 Å². The third-order valence-corrected chi connectivity index (χ3v) is 3.28. The van der Waals surface area contributed by atoms with Crippen molar-refractivity contribution in [3.05, 3.63) is 17.5 Å². The molecule has 1 saturated heterocycles. The summed E-state index contributed by atoms with van der Waals surface area (Å²) in [6.07, 6.45) is 5.02. The zero-order valence-electron chi connectivity index (χ0n) is 12.0. The van der Waals surface area contributed by atoms with Crippen molar-refractivity contribution in [2.24, 2.45) is 0 Å². The molecule has 0 amide bonds. The molecule has 1 aliphatic rings. The fourth-order valence-corrected chi connectivity index (χ4v) is 2.17. The lowest BCUT2D eigenvalue weighted by Crippen LogP contribution is -2.38. The highest BCUT2D eigenvalue weighted by molar-refractivity contribution is 5.90. The van der Waals surface area contributed by atoms with Crippen LogP contribution >= 0.6 is 0 Å². The minimum absolute atomic E-state index is 0.308. The Bertz CT molecular complexity index is 459. The second-order valence-electron chi connectivity index (χ2n) is 4.83. The number of rotatable bonds is 5. The average Bonchev–Trinajstić information content (AvgIpc) is 2.46. The molecule has 110 valence electrons. The molecule has 6 nitrogen and oxygen atoms in total. The van der Waals surface area contributed by atoms with E-state index in [0.717, 1.165) is 13.0 Å². The second kappa shape index (κ2) is 7.19. The molecule has 1 aliphatic heterocycles. The topological polar surface area (TPSA) is 73.3 Å². The van der Waals surface area contributed by atoms with Crippen LogP contribution in [0.15, 0.2) is 6.20 Å². The lowest BCUT2D eigenvalue weighted by molar-refractivity contribution is 0.0524. The molecule has 0 saturated carbocycles. The van der Waals surface area contributed by atoms with E-state index in [0.29, 0.717) is 36.5 Å². The van der Waals surface area contributed by atoms with Crippen molar-refractivity contribution in [2.75, 3.05) is 19.8 Å². The van der Waals surface area contributed by atoms with Gasteiger partial charge in [-0.25, -0.2) is 9.78 Å². The molecular weight excluding hydrogens is 258 g/mol. The first-order valence-corrected chi connectivity index (χ1v) is 7.07. The van der Waals surface area contributed by atoms with Gasteiger partial charge in [-0.3, -0.25) is 0 Å². The number of nitrogens with zero attached hydrogens (tertiary/aromatic N) is 2. The van der Waals surface area contributed by atoms with Gasteiger partial charge >= 0.3 is 12.0 Å². The van der Waals surface area contributed by atoms with E-state index < -0.39 is 5.97 Å². The summed E-state index contributed by atoms with van der Waals surface area (Å²) in [6.45, 7) is 5.44. The smallest absolute Gasteiger partial charge is 0.341 e. The number of nitrogens with one attached hydrogen (secondary N) is 1. The number of carbonyl (C=O) groups is 1. The van der Waals surface area contributed by atoms with Crippen molar-refractivity contribution in [3.63, 3.8) is 0 Å². The Hall–Kier alpha value is -1.69. The van der Waals surface area contributed by atoms with Crippen LogP contribution in [0.25, 0.3) is 0 Å². The first-order valence-electron chi connectivity index (χ1n) is 7.07. The van der Waals surface area contributed by atoms with E-state index in [1.54, 1.807) is 13.8 Å². The minimum Gasteiger partial charge on any atom is -0.462 e. The number of hydrogen-bond donors (Lipinski definition) is 1. The van der Waals surface area contributed by atoms with Crippen LogP contribution in [-0.2, 0) is 4.74 Å². The van der Waals surface area contributed by atoms with Gasteiger partial charge in [0.1, 0.15) is 6.61 Å². The molecule has 1 atom stereocenters. The van der Waals surface area contributed by atoms with Crippen LogP contribution in [0.2, 0.25) is 0 Å². The summed E-state index contributed by atoms with van der Waals surface area (Å²) in [6, 6.07) is 0.667. The quantitative estimate of drug-likeness (QED) is 0.823. The fourth-order valence-electron chi connectivity index (χ4n) is 2.17. The van der Waals surface area contributed by atoms with E-state index in [2.05, 4.69) is 15.3 Å². The number of carbonyl (C=O) groups excluding carboxylic acids is 1. The minimum atomic E-state index is -0.398. The SMILES string of the molecule is CCOC(=O)c1cnc(OCC2CCCCN2)nc1C. The largest absolute Gasteiger partial charge is 0.462 e. The van der Waals surface area contributed by atoms with Crippen LogP contribution < -0.4 is 10.1 Å². The van der Waals surface area contributed by atoms with E-state index in [1.807, 2.05) is 0 Å². The standard InChI is InChI=1S/C14H21N3O3/c1-3-19-13(18)12-8-16-14(17-10(12)2)20-9-11-6-4-5-7-15-11/h8,11,15H,3-7,9H2,1-2H3. The van der Waals surface area contributed by atoms with Gasteiger partial charge < -0.3 is 14.8 Å². The summed E-state index contributed by atoms with van der Waals surface area (Å²) in [4.78, 5) is 19.9. The summed E-state index contributed by atoms with van der Waals surface area (Å²) in [5.74, 6) is -0.398. The molecule has 1 fully saturated rings. The summed E-state index contributed by atoms with van der Waals surface area (Å²) in [5.41, 5.74) is 0.958. The van der Waals surface area contributed by atoms with Gasteiger partial charge in [0.15, 0.2) is 0 Å². The molecule has 0 aliphatic carbocycles. The van der Waals surface area contributed by atoms with Crippen molar-refractivity contribution < 1.29 is 14.3 Å². The molecule has 6 heteroatoms. The Kier molecular flexibility index (Phi) is 5.29. The number of aromatic nitrogens is 2. The van der Waals surface area contributed by atoms with Gasteiger partial charge in [0.25, 0.3) is 0 Å². The molecule has 0 aromatic carbocycles. The maximum atomic E-state index is 11.6. The van der Waals surface area contributed by atoms with E-state index in [-0.39, 0.29) is 0 Å². The monoisotopic (exact) mass is 279 g/mol.